The number of urea groups is 1. The summed E-state index contributed by atoms with van der Waals surface area (Å²) in [5.41, 5.74) is 3.80. The van der Waals surface area contributed by atoms with Gasteiger partial charge in [0.15, 0.2) is 0 Å². The van der Waals surface area contributed by atoms with E-state index in [0.29, 0.717) is 24.6 Å². The molecule has 0 aliphatic carbocycles. The van der Waals surface area contributed by atoms with Crippen LogP contribution < -0.4 is 10.2 Å². The summed E-state index contributed by atoms with van der Waals surface area (Å²) in [6, 6.07) is 17.7. The number of carbonyl (C=O) groups is 1. The third-order valence-electron chi connectivity index (χ3n) is 4.75. The first-order valence-corrected chi connectivity index (χ1v) is 8.98. The molecule has 2 aromatic carbocycles. The average molecular weight is 348 g/mol. The molecule has 1 N–H and O–H groups in total. The number of nitriles is 1. The third kappa shape index (κ3) is 3.97. The molecule has 1 aliphatic rings. The molecule has 5 heteroatoms. The molecule has 0 aromatic heterocycles. The maximum absolute atomic E-state index is 12.6. The van der Waals surface area contributed by atoms with Crippen molar-refractivity contribution in [3.8, 4) is 6.07 Å². The molecule has 1 heterocycles. The number of hydrogen-bond acceptors (Lipinski definition) is 3. The lowest BCUT2D eigenvalue weighted by molar-refractivity contribution is 0.208. The van der Waals surface area contributed by atoms with Gasteiger partial charge in [-0.05, 0) is 41.8 Å². The molecule has 2 aromatic rings. The van der Waals surface area contributed by atoms with E-state index in [-0.39, 0.29) is 6.03 Å². The van der Waals surface area contributed by atoms with Crippen molar-refractivity contribution in [3.63, 3.8) is 0 Å². The molecule has 3 rings (SSSR count). The normalized spacial score (nSPS) is 14.2. The van der Waals surface area contributed by atoms with Crippen LogP contribution in [0.4, 0.5) is 16.2 Å². The highest BCUT2D eigenvalue weighted by Crippen LogP contribution is 2.24. The summed E-state index contributed by atoms with van der Waals surface area (Å²) >= 11 is 0. The Labute approximate surface area is 154 Å². The van der Waals surface area contributed by atoms with E-state index < -0.39 is 0 Å². The first kappa shape index (κ1) is 17.8. The van der Waals surface area contributed by atoms with Gasteiger partial charge in [0.2, 0.25) is 0 Å². The lowest BCUT2D eigenvalue weighted by atomic mass is 10.0. The lowest BCUT2D eigenvalue weighted by Crippen LogP contribution is -2.50. The van der Waals surface area contributed by atoms with E-state index in [1.54, 1.807) is 0 Å². The molecular weight excluding hydrogens is 324 g/mol. The van der Waals surface area contributed by atoms with Gasteiger partial charge in [0.25, 0.3) is 0 Å². The predicted octanol–water partition coefficient (Wildman–Crippen LogP) is 4.04. The largest absolute Gasteiger partial charge is 0.368 e. The van der Waals surface area contributed by atoms with Crippen molar-refractivity contribution in [1.82, 2.24) is 4.90 Å². The second kappa shape index (κ2) is 7.92. The molecule has 1 saturated heterocycles. The number of benzene rings is 2. The molecule has 5 nitrogen and oxygen atoms in total. The quantitative estimate of drug-likeness (QED) is 0.911. The van der Waals surface area contributed by atoms with Crippen molar-refractivity contribution in [2.24, 2.45) is 0 Å². The second-order valence-electron chi connectivity index (χ2n) is 6.80. The van der Waals surface area contributed by atoms with Gasteiger partial charge in [0.1, 0.15) is 0 Å². The van der Waals surface area contributed by atoms with E-state index in [2.05, 4.69) is 36.2 Å². The van der Waals surface area contributed by atoms with Crippen molar-refractivity contribution >= 4 is 17.4 Å². The fourth-order valence-corrected chi connectivity index (χ4v) is 3.22. The minimum atomic E-state index is -0.0439. The van der Waals surface area contributed by atoms with Crippen LogP contribution in [0.25, 0.3) is 0 Å². The molecule has 26 heavy (non-hydrogen) atoms. The second-order valence-corrected chi connectivity index (χ2v) is 6.80. The van der Waals surface area contributed by atoms with Crippen LogP contribution in [-0.2, 0) is 0 Å². The van der Waals surface area contributed by atoms with Gasteiger partial charge in [-0.3, -0.25) is 0 Å². The van der Waals surface area contributed by atoms with Crippen LogP contribution in [0.1, 0.15) is 30.9 Å². The molecule has 0 unspecified atom stereocenters. The number of rotatable bonds is 3. The van der Waals surface area contributed by atoms with Gasteiger partial charge in [-0.2, -0.15) is 5.26 Å². The number of nitrogens with one attached hydrogen (secondary N) is 1. The van der Waals surface area contributed by atoms with Crippen molar-refractivity contribution < 1.29 is 4.79 Å². The van der Waals surface area contributed by atoms with E-state index in [9.17, 15) is 4.79 Å². The Bertz CT molecular complexity index is 800. The summed E-state index contributed by atoms with van der Waals surface area (Å²) in [5, 5.41) is 12.0. The van der Waals surface area contributed by atoms with Crippen LogP contribution in [0, 0.1) is 11.3 Å². The molecule has 1 aliphatic heterocycles. The summed E-state index contributed by atoms with van der Waals surface area (Å²) in [4.78, 5) is 16.7. The molecule has 0 spiro atoms. The minimum Gasteiger partial charge on any atom is -0.368 e. The van der Waals surface area contributed by atoms with Gasteiger partial charge in [0.05, 0.1) is 11.6 Å². The molecule has 2 amide bonds. The number of amides is 2. The van der Waals surface area contributed by atoms with Gasteiger partial charge in [-0.25, -0.2) is 4.79 Å². The van der Waals surface area contributed by atoms with E-state index in [1.807, 2.05) is 47.4 Å². The van der Waals surface area contributed by atoms with E-state index >= 15 is 0 Å². The van der Waals surface area contributed by atoms with E-state index in [1.165, 1.54) is 0 Å². The zero-order valence-corrected chi connectivity index (χ0v) is 15.3. The summed E-state index contributed by atoms with van der Waals surface area (Å²) in [5.74, 6) is 0.361. The van der Waals surface area contributed by atoms with Gasteiger partial charge in [0, 0.05) is 37.6 Å². The Balaban J connectivity index is 1.59. The summed E-state index contributed by atoms with van der Waals surface area (Å²) in [7, 11) is 0. The Morgan fingerprint density at radius 2 is 1.69 bits per heavy atom. The van der Waals surface area contributed by atoms with Crippen LogP contribution in [0.15, 0.2) is 48.5 Å². The van der Waals surface area contributed by atoms with Crippen LogP contribution in [0.2, 0.25) is 0 Å². The minimum absolute atomic E-state index is 0.0439. The molecule has 0 radical (unpaired) electrons. The highest BCUT2D eigenvalue weighted by atomic mass is 16.2. The number of carbonyl (C=O) groups excluding carboxylic acids is 1. The Morgan fingerprint density at radius 1 is 1.04 bits per heavy atom. The fourth-order valence-electron chi connectivity index (χ4n) is 3.22. The fraction of sp³-hybridized carbons (Fsp3) is 0.333. The molecule has 134 valence electrons. The Kier molecular flexibility index (Phi) is 5.43. The van der Waals surface area contributed by atoms with Gasteiger partial charge >= 0.3 is 6.03 Å². The monoisotopic (exact) mass is 348 g/mol. The van der Waals surface area contributed by atoms with Crippen molar-refractivity contribution in [1.29, 1.82) is 5.26 Å². The number of para-hydroxylation sites is 1. The van der Waals surface area contributed by atoms with Crippen molar-refractivity contribution in [2.75, 3.05) is 36.4 Å². The smallest absolute Gasteiger partial charge is 0.321 e. The van der Waals surface area contributed by atoms with Crippen LogP contribution in [0.3, 0.4) is 0 Å². The summed E-state index contributed by atoms with van der Waals surface area (Å²) in [6.45, 7) is 7.17. The highest BCUT2D eigenvalue weighted by molar-refractivity contribution is 5.90. The molecule has 1 fully saturated rings. The highest BCUT2D eigenvalue weighted by Gasteiger charge is 2.22. The van der Waals surface area contributed by atoms with Crippen molar-refractivity contribution in [3.05, 3.63) is 59.7 Å². The number of piperazine rings is 1. The predicted molar refractivity (Wildman–Crippen MR) is 104 cm³/mol. The average Bonchev–Trinajstić information content (AvgIpc) is 2.68. The Hall–Kier alpha value is -3.00. The summed E-state index contributed by atoms with van der Waals surface area (Å²) < 4.78 is 0. The Morgan fingerprint density at radius 3 is 2.31 bits per heavy atom. The molecular formula is C21H24N4O. The van der Waals surface area contributed by atoms with Crippen LogP contribution >= 0.6 is 0 Å². The molecule has 0 atom stereocenters. The zero-order chi connectivity index (χ0) is 18.5. The maximum Gasteiger partial charge on any atom is 0.321 e. The standard InChI is InChI=1S/C21H24N4O/c1-16(2)19-5-3-4-6-20(19)23-21(26)25-13-11-24(12-14-25)18-9-7-17(15-22)8-10-18/h3-10,16H,11-14H2,1-2H3,(H,23,26). The SMILES string of the molecule is CC(C)c1ccccc1NC(=O)N1CCN(c2ccc(C#N)cc2)CC1. The van der Waals surface area contributed by atoms with Gasteiger partial charge in [-0.15, -0.1) is 0 Å². The van der Waals surface area contributed by atoms with Gasteiger partial charge in [-0.1, -0.05) is 32.0 Å². The molecule has 0 saturated carbocycles. The first-order valence-electron chi connectivity index (χ1n) is 8.98. The lowest BCUT2D eigenvalue weighted by Gasteiger charge is -2.36. The van der Waals surface area contributed by atoms with E-state index in [0.717, 1.165) is 30.0 Å². The first-order chi connectivity index (χ1) is 12.6. The number of nitrogens with zero attached hydrogens (tertiary/aromatic N) is 3. The van der Waals surface area contributed by atoms with Crippen LogP contribution in [0.5, 0.6) is 0 Å². The summed E-state index contributed by atoms with van der Waals surface area (Å²) in [6.07, 6.45) is 0. The maximum atomic E-state index is 12.6. The zero-order valence-electron chi connectivity index (χ0n) is 15.3. The van der Waals surface area contributed by atoms with Crippen molar-refractivity contribution in [2.45, 2.75) is 19.8 Å². The van der Waals surface area contributed by atoms with Crippen LogP contribution in [-0.4, -0.2) is 37.1 Å². The topological polar surface area (TPSA) is 59.4 Å². The van der Waals surface area contributed by atoms with Gasteiger partial charge < -0.3 is 15.1 Å². The van der Waals surface area contributed by atoms with E-state index in [4.69, 9.17) is 5.26 Å². The number of hydrogen-bond donors (Lipinski definition) is 1. The number of anilines is 2. The molecule has 0 bridgehead atoms. The third-order valence-corrected chi connectivity index (χ3v) is 4.75.